The number of benzene rings is 2. The smallest absolute Gasteiger partial charge is 0.277 e. The number of carbonyl (C=O) groups excluding carboxylic acids is 2. The van der Waals surface area contributed by atoms with Crippen LogP contribution >= 0.6 is 0 Å². The van der Waals surface area contributed by atoms with Crippen molar-refractivity contribution in [2.24, 2.45) is 5.10 Å². The van der Waals surface area contributed by atoms with Crippen molar-refractivity contribution < 1.29 is 19.4 Å². The van der Waals surface area contributed by atoms with Gasteiger partial charge in [0.1, 0.15) is 5.75 Å². The molecule has 150 valence electrons. The van der Waals surface area contributed by atoms with E-state index in [0.29, 0.717) is 17.0 Å². The number of nitrogens with one attached hydrogen (secondary N) is 1. The fraction of sp³-hybridized carbons (Fsp3) is 0.273. The molecule has 0 aromatic heterocycles. The number of nitriles is 1. The Morgan fingerprint density at radius 1 is 1.10 bits per heavy atom. The zero-order valence-corrected chi connectivity index (χ0v) is 16.2. The number of aryl methyl sites for hydroxylation is 1. The summed E-state index contributed by atoms with van der Waals surface area (Å²) < 4.78 is 5.35. The molecule has 0 heterocycles. The van der Waals surface area contributed by atoms with E-state index in [4.69, 9.17) is 10.00 Å². The Kier molecular flexibility index (Phi) is 8.39. The maximum absolute atomic E-state index is 12.0. The van der Waals surface area contributed by atoms with Gasteiger partial charge in [0.05, 0.1) is 17.3 Å². The molecule has 2 aromatic rings. The van der Waals surface area contributed by atoms with E-state index in [1.807, 2.05) is 30.3 Å². The van der Waals surface area contributed by atoms with Gasteiger partial charge in [-0.3, -0.25) is 4.79 Å². The molecule has 0 saturated heterocycles. The lowest BCUT2D eigenvalue weighted by atomic mass is 10.0. The Balaban J connectivity index is 2.00. The van der Waals surface area contributed by atoms with E-state index in [-0.39, 0.29) is 19.4 Å². The van der Waals surface area contributed by atoms with Crippen LogP contribution in [0, 0.1) is 11.3 Å². The Bertz CT molecular complexity index is 897. The van der Waals surface area contributed by atoms with Crippen molar-refractivity contribution >= 4 is 17.6 Å². The largest absolute Gasteiger partial charge is 0.550 e. The molecule has 1 amide bonds. The summed E-state index contributed by atoms with van der Waals surface area (Å²) in [6.07, 6.45) is 1.91. The molecule has 0 aliphatic rings. The summed E-state index contributed by atoms with van der Waals surface area (Å²) in [7, 11) is 0. The lowest BCUT2D eigenvalue weighted by Crippen LogP contribution is -2.27. The number of rotatable bonds is 10. The number of carbonyl (C=O) groups is 2. The van der Waals surface area contributed by atoms with Crippen LogP contribution in [0.5, 0.6) is 5.75 Å². The van der Waals surface area contributed by atoms with Gasteiger partial charge in [-0.15, -0.1) is 0 Å². The first kappa shape index (κ1) is 21.6. The molecule has 0 aliphatic carbocycles. The van der Waals surface area contributed by atoms with Gasteiger partial charge in [-0.2, -0.15) is 10.4 Å². The van der Waals surface area contributed by atoms with E-state index in [1.165, 1.54) is 5.56 Å². The maximum atomic E-state index is 12.0. The minimum atomic E-state index is -1.18. The molecule has 2 aromatic carbocycles. The van der Waals surface area contributed by atoms with Gasteiger partial charge in [-0.05, 0) is 54.7 Å². The Morgan fingerprint density at radius 3 is 2.38 bits per heavy atom. The predicted molar refractivity (Wildman–Crippen MR) is 106 cm³/mol. The maximum Gasteiger partial charge on any atom is 0.277 e. The number of ether oxygens (including phenoxy) is 1. The first-order valence-corrected chi connectivity index (χ1v) is 9.29. The second-order valence-electron chi connectivity index (χ2n) is 6.34. The quantitative estimate of drug-likeness (QED) is 0.490. The topological polar surface area (TPSA) is 115 Å². The van der Waals surface area contributed by atoms with Crippen LogP contribution in [-0.2, 0) is 16.0 Å². The predicted octanol–water partition coefficient (Wildman–Crippen LogP) is 1.94. The highest BCUT2D eigenvalue weighted by Crippen LogP contribution is 2.12. The molecule has 0 bridgehead atoms. The van der Waals surface area contributed by atoms with E-state index in [0.717, 1.165) is 18.4 Å². The second-order valence-corrected chi connectivity index (χ2v) is 6.34. The number of hydrazone groups is 1. The molecular formula is C22H22N3O4-. The molecule has 0 unspecified atom stereocenters. The van der Waals surface area contributed by atoms with Crippen molar-refractivity contribution in [1.29, 1.82) is 5.26 Å². The highest BCUT2D eigenvalue weighted by molar-refractivity contribution is 6.02. The van der Waals surface area contributed by atoms with Crippen LogP contribution in [0.3, 0.4) is 0 Å². The molecule has 7 heteroatoms. The van der Waals surface area contributed by atoms with E-state index >= 15 is 0 Å². The van der Waals surface area contributed by atoms with E-state index < -0.39 is 11.9 Å². The Labute approximate surface area is 169 Å². The molecule has 7 nitrogen and oxygen atoms in total. The van der Waals surface area contributed by atoms with Crippen molar-refractivity contribution in [1.82, 2.24) is 5.43 Å². The van der Waals surface area contributed by atoms with Crippen molar-refractivity contribution in [3.63, 3.8) is 0 Å². The summed E-state index contributed by atoms with van der Waals surface area (Å²) in [6.45, 7) is 1.83. The molecule has 29 heavy (non-hydrogen) atoms. The van der Waals surface area contributed by atoms with Crippen molar-refractivity contribution in [2.45, 2.75) is 32.6 Å². The molecule has 0 spiro atoms. The normalized spacial score (nSPS) is 10.8. The summed E-state index contributed by atoms with van der Waals surface area (Å²) in [5.74, 6) is -1.22. The summed E-state index contributed by atoms with van der Waals surface area (Å²) in [5.41, 5.74) is 5.25. The van der Waals surface area contributed by atoms with Gasteiger partial charge in [0.2, 0.25) is 0 Å². The number of hydrogen-bond donors (Lipinski definition) is 1. The van der Waals surface area contributed by atoms with Crippen LogP contribution in [0.25, 0.3) is 0 Å². The first-order chi connectivity index (χ1) is 14.0. The van der Waals surface area contributed by atoms with Gasteiger partial charge < -0.3 is 14.6 Å². The second kappa shape index (κ2) is 11.2. The fourth-order valence-corrected chi connectivity index (χ4v) is 2.57. The summed E-state index contributed by atoms with van der Waals surface area (Å²) in [4.78, 5) is 22.9. The van der Waals surface area contributed by atoms with Gasteiger partial charge in [0.25, 0.3) is 5.91 Å². The molecule has 0 aliphatic heterocycles. The average molecular weight is 392 g/mol. The fourth-order valence-electron chi connectivity index (χ4n) is 2.57. The van der Waals surface area contributed by atoms with Crippen LogP contribution in [0.2, 0.25) is 0 Å². The van der Waals surface area contributed by atoms with Crippen LogP contribution in [0.4, 0.5) is 0 Å². The van der Waals surface area contributed by atoms with Crippen molar-refractivity contribution in [2.75, 3.05) is 6.61 Å². The zero-order valence-electron chi connectivity index (χ0n) is 16.2. The molecule has 0 saturated carbocycles. The monoisotopic (exact) mass is 392 g/mol. The zero-order chi connectivity index (χ0) is 21.1. The molecule has 1 N–H and O–H groups in total. The minimum Gasteiger partial charge on any atom is -0.550 e. The average Bonchev–Trinajstić information content (AvgIpc) is 2.73. The van der Waals surface area contributed by atoms with Gasteiger partial charge >= 0.3 is 0 Å². The van der Waals surface area contributed by atoms with Crippen LogP contribution in [0.1, 0.15) is 42.9 Å². The molecule has 2 rings (SSSR count). The molecule has 0 atom stereocenters. The molecule has 0 fully saturated rings. The minimum absolute atomic E-state index is 0.131. The van der Waals surface area contributed by atoms with Gasteiger partial charge in [-0.25, -0.2) is 5.43 Å². The first-order valence-electron chi connectivity index (χ1n) is 9.29. The number of carboxylic acids is 1. The number of aliphatic carboxylic acids is 1. The number of nitrogens with zero attached hydrogens (tertiary/aromatic N) is 2. The van der Waals surface area contributed by atoms with Gasteiger partial charge in [0, 0.05) is 5.97 Å². The number of hydrogen-bond acceptors (Lipinski definition) is 6. The lowest BCUT2D eigenvalue weighted by molar-refractivity contribution is -0.305. The van der Waals surface area contributed by atoms with E-state index in [2.05, 4.69) is 17.5 Å². The SMILES string of the molecule is CCCc1ccc(/C(CCC(=O)[O-])=N\NC(=O)COc2ccc(C#N)cc2)cc1. The van der Waals surface area contributed by atoms with Crippen LogP contribution < -0.4 is 15.3 Å². The Hall–Kier alpha value is -3.66. The third kappa shape index (κ3) is 7.46. The summed E-state index contributed by atoms with van der Waals surface area (Å²) >= 11 is 0. The Morgan fingerprint density at radius 2 is 1.79 bits per heavy atom. The van der Waals surface area contributed by atoms with Gasteiger partial charge in [0.15, 0.2) is 6.61 Å². The summed E-state index contributed by atoms with van der Waals surface area (Å²) in [6, 6.07) is 16.0. The summed E-state index contributed by atoms with van der Waals surface area (Å²) in [5, 5.41) is 23.7. The standard InChI is InChI=1S/C22H23N3O4/c1-2-3-16-4-8-18(9-5-16)20(12-13-22(27)28)24-25-21(26)15-29-19-10-6-17(14-23)7-11-19/h4-11H,2-3,12-13,15H2,1H3,(H,25,26)(H,27,28)/p-1/b24-20-. The van der Waals surface area contributed by atoms with Crippen LogP contribution in [0.15, 0.2) is 53.6 Å². The third-order valence-electron chi connectivity index (χ3n) is 4.06. The van der Waals surface area contributed by atoms with Crippen molar-refractivity contribution in [3.8, 4) is 11.8 Å². The highest BCUT2D eigenvalue weighted by atomic mass is 16.5. The van der Waals surface area contributed by atoms with E-state index in [1.54, 1.807) is 24.3 Å². The number of amides is 1. The van der Waals surface area contributed by atoms with Crippen molar-refractivity contribution in [3.05, 3.63) is 65.2 Å². The molecule has 0 radical (unpaired) electrons. The van der Waals surface area contributed by atoms with Crippen LogP contribution in [-0.4, -0.2) is 24.2 Å². The van der Waals surface area contributed by atoms with E-state index in [9.17, 15) is 14.7 Å². The lowest BCUT2D eigenvalue weighted by Gasteiger charge is -2.10. The van der Waals surface area contributed by atoms with Gasteiger partial charge in [-0.1, -0.05) is 37.6 Å². The third-order valence-corrected chi connectivity index (χ3v) is 4.06. The number of carboxylic acid groups (broad SMARTS) is 1. The highest BCUT2D eigenvalue weighted by Gasteiger charge is 2.07. The molecular weight excluding hydrogens is 370 g/mol.